The van der Waals surface area contributed by atoms with Gasteiger partial charge in [-0.25, -0.2) is 0 Å². The van der Waals surface area contributed by atoms with Crippen LogP contribution in [0.15, 0.2) is 33.4 Å². The Morgan fingerprint density at radius 3 is 2.78 bits per heavy atom. The van der Waals surface area contributed by atoms with E-state index < -0.39 is 0 Å². The molecule has 2 nitrogen and oxygen atoms in total. The van der Waals surface area contributed by atoms with Gasteiger partial charge in [0.15, 0.2) is 0 Å². The second-order valence-corrected chi connectivity index (χ2v) is 8.54. The number of fused-ring (bicyclic) bond motifs is 1. The van der Waals surface area contributed by atoms with E-state index in [2.05, 4.69) is 51.0 Å². The van der Waals surface area contributed by atoms with Crippen molar-refractivity contribution in [1.82, 2.24) is 5.43 Å². The highest BCUT2D eigenvalue weighted by atomic mass is 79.9. The summed E-state index contributed by atoms with van der Waals surface area (Å²) in [5.41, 5.74) is 2.93. The highest BCUT2D eigenvalue weighted by molar-refractivity contribution is 9.11. The number of halogens is 1. The number of hydrogen-bond donors (Lipinski definition) is 2. The lowest BCUT2D eigenvalue weighted by molar-refractivity contribution is 0.565. The molecule has 0 bridgehead atoms. The van der Waals surface area contributed by atoms with Gasteiger partial charge in [-0.3, -0.25) is 11.3 Å². The fourth-order valence-electron chi connectivity index (χ4n) is 1.86. The quantitative estimate of drug-likeness (QED) is 0.530. The van der Waals surface area contributed by atoms with E-state index in [9.17, 15) is 0 Å². The van der Waals surface area contributed by atoms with Gasteiger partial charge in [0.25, 0.3) is 0 Å². The van der Waals surface area contributed by atoms with Crippen molar-refractivity contribution in [3.8, 4) is 0 Å². The Kier molecular flexibility index (Phi) is 3.83. The van der Waals surface area contributed by atoms with Gasteiger partial charge in [-0.15, -0.1) is 34.0 Å². The van der Waals surface area contributed by atoms with E-state index in [1.54, 1.807) is 22.7 Å². The van der Waals surface area contributed by atoms with Gasteiger partial charge in [0.05, 0.1) is 9.83 Å². The molecular weight excluding hydrogens is 348 g/mol. The number of hydrogen-bond acceptors (Lipinski definition) is 5. The van der Waals surface area contributed by atoms with E-state index in [1.165, 1.54) is 22.9 Å². The van der Waals surface area contributed by atoms with E-state index in [-0.39, 0.29) is 6.04 Å². The summed E-state index contributed by atoms with van der Waals surface area (Å²) >= 11 is 8.86. The molecule has 1 atom stereocenters. The highest BCUT2D eigenvalue weighted by Gasteiger charge is 2.15. The summed E-state index contributed by atoms with van der Waals surface area (Å²) in [5.74, 6) is 5.70. The molecule has 3 aromatic rings. The van der Waals surface area contributed by atoms with Gasteiger partial charge in [0, 0.05) is 25.6 Å². The van der Waals surface area contributed by atoms with E-state index >= 15 is 0 Å². The van der Waals surface area contributed by atoms with Gasteiger partial charge < -0.3 is 0 Å². The number of hydrazine groups is 1. The smallest absolute Gasteiger partial charge is 0.0701 e. The van der Waals surface area contributed by atoms with Gasteiger partial charge in [0.1, 0.15) is 0 Å². The lowest BCUT2D eigenvalue weighted by atomic mass is 10.1. The highest BCUT2D eigenvalue weighted by Crippen LogP contribution is 2.35. The average molecular weight is 359 g/mol. The van der Waals surface area contributed by atoms with Crippen LogP contribution >= 0.6 is 49.9 Å². The van der Waals surface area contributed by atoms with Crippen LogP contribution in [0.25, 0.3) is 9.40 Å². The topological polar surface area (TPSA) is 38.0 Å². The largest absolute Gasteiger partial charge is 0.271 e. The molecule has 94 valence electrons. The van der Waals surface area contributed by atoms with Crippen molar-refractivity contribution >= 4 is 59.3 Å². The Morgan fingerprint density at radius 2 is 2.11 bits per heavy atom. The molecule has 0 fully saturated rings. The first-order valence-corrected chi connectivity index (χ1v) is 8.74. The summed E-state index contributed by atoms with van der Waals surface area (Å²) in [7, 11) is 0. The summed E-state index contributed by atoms with van der Waals surface area (Å²) in [6, 6.07) is 8.84. The predicted molar refractivity (Wildman–Crippen MR) is 85.5 cm³/mol. The zero-order valence-electron chi connectivity index (χ0n) is 9.35. The first-order valence-electron chi connectivity index (χ1n) is 5.43. The van der Waals surface area contributed by atoms with Crippen molar-refractivity contribution in [2.24, 2.45) is 5.84 Å². The molecule has 0 saturated heterocycles. The Balaban J connectivity index is 1.85. The second kappa shape index (κ2) is 5.40. The first kappa shape index (κ1) is 12.8. The molecule has 0 aliphatic rings. The Morgan fingerprint density at radius 1 is 1.22 bits per heavy atom. The molecule has 0 aliphatic carbocycles. The fourth-order valence-corrected chi connectivity index (χ4v) is 5.57. The van der Waals surface area contributed by atoms with Crippen LogP contribution in [0.1, 0.15) is 15.8 Å². The SMILES string of the molecule is NNC(Cc1ccc(Br)s1)c1cc2sccc2s1. The van der Waals surface area contributed by atoms with Gasteiger partial charge in [-0.05, 0) is 45.6 Å². The van der Waals surface area contributed by atoms with Crippen molar-refractivity contribution < 1.29 is 0 Å². The molecule has 3 N–H and O–H groups in total. The Labute approximate surface area is 126 Å². The summed E-state index contributed by atoms with van der Waals surface area (Å²) in [4.78, 5) is 2.64. The summed E-state index contributed by atoms with van der Waals surface area (Å²) in [5, 5.41) is 2.13. The molecule has 0 saturated carbocycles. The average Bonchev–Trinajstić information content (AvgIpc) is 3.00. The van der Waals surface area contributed by atoms with Gasteiger partial charge in [0.2, 0.25) is 0 Å². The van der Waals surface area contributed by atoms with Crippen LogP contribution in [0.5, 0.6) is 0 Å². The van der Waals surface area contributed by atoms with Gasteiger partial charge in [-0.2, -0.15) is 0 Å². The first-order chi connectivity index (χ1) is 8.76. The van der Waals surface area contributed by atoms with Gasteiger partial charge in [-0.1, -0.05) is 0 Å². The standard InChI is InChI=1S/C12H11BrN2S3/c13-12-2-1-7(17-12)5-8(15-14)10-6-11-9(18-10)3-4-16-11/h1-4,6,8,15H,5,14H2. The normalized spacial score (nSPS) is 13.2. The monoisotopic (exact) mass is 358 g/mol. The fraction of sp³-hybridized carbons (Fsp3) is 0.167. The van der Waals surface area contributed by atoms with E-state index in [4.69, 9.17) is 5.84 Å². The molecule has 3 rings (SSSR count). The number of nitrogens with one attached hydrogen (secondary N) is 1. The van der Waals surface area contributed by atoms with E-state index in [0.29, 0.717) is 0 Å². The van der Waals surface area contributed by atoms with Crippen molar-refractivity contribution in [3.63, 3.8) is 0 Å². The van der Waals surface area contributed by atoms with E-state index in [1.807, 2.05) is 11.3 Å². The Bertz CT molecular complexity index is 626. The second-order valence-electron chi connectivity index (χ2n) is 3.93. The zero-order chi connectivity index (χ0) is 12.5. The third kappa shape index (κ3) is 2.54. The molecule has 3 aromatic heterocycles. The summed E-state index contributed by atoms with van der Waals surface area (Å²) in [6.45, 7) is 0. The molecule has 18 heavy (non-hydrogen) atoms. The van der Waals surface area contributed by atoms with Crippen LogP contribution in [0.3, 0.4) is 0 Å². The van der Waals surface area contributed by atoms with Crippen LogP contribution in [-0.2, 0) is 6.42 Å². The molecule has 0 amide bonds. The van der Waals surface area contributed by atoms with Crippen LogP contribution < -0.4 is 11.3 Å². The van der Waals surface area contributed by atoms with Crippen LogP contribution in [-0.4, -0.2) is 0 Å². The predicted octanol–water partition coefficient (Wildman–Crippen LogP) is 4.53. The summed E-state index contributed by atoms with van der Waals surface area (Å²) in [6.07, 6.45) is 0.931. The molecule has 0 aromatic carbocycles. The maximum absolute atomic E-state index is 5.70. The van der Waals surface area contributed by atoms with Crippen LogP contribution in [0.2, 0.25) is 0 Å². The molecule has 1 unspecified atom stereocenters. The van der Waals surface area contributed by atoms with E-state index in [0.717, 1.165) is 6.42 Å². The molecule has 0 radical (unpaired) electrons. The molecular formula is C12H11BrN2S3. The summed E-state index contributed by atoms with van der Waals surface area (Å²) < 4.78 is 3.87. The molecule has 3 heterocycles. The maximum atomic E-state index is 5.70. The van der Waals surface area contributed by atoms with Crippen molar-refractivity contribution in [2.75, 3.05) is 0 Å². The Hall–Kier alpha value is -0.240. The molecule has 0 aliphatic heterocycles. The van der Waals surface area contributed by atoms with Gasteiger partial charge >= 0.3 is 0 Å². The molecule has 6 heteroatoms. The van der Waals surface area contributed by atoms with Crippen molar-refractivity contribution in [2.45, 2.75) is 12.5 Å². The van der Waals surface area contributed by atoms with Crippen LogP contribution in [0.4, 0.5) is 0 Å². The van der Waals surface area contributed by atoms with Crippen LogP contribution in [0, 0.1) is 0 Å². The van der Waals surface area contributed by atoms with Crippen molar-refractivity contribution in [3.05, 3.63) is 43.2 Å². The lowest BCUT2D eigenvalue weighted by Gasteiger charge is -2.12. The minimum absolute atomic E-state index is 0.195. The minimum Gasteiger partial charge on any atom is -0.271 e. The third-order valence-electron chi connectivity index (χ3n) is 2.74. The van der Waals surface area contributed by atoms with Crippen molar-refractivity contribution in [1.29, 1.82) is 0 Å². The number of thiophene rings is 3. The minimum atomic E-state index is 0.195. The number of nitrogens with two attached hydrogens (primary N) is 1. The zero-order valence-corrected chi connectivity index (χ0v) is 13.4. The molecule has 0 spiro atoms. The maximum Gasteiger partial charge on any atom is 0.0701 e. The number of rotatable bonds is 4. The third-order valence-corrected chi connectivity index (χ3v) is 6.59. The lowest BCUT2D eigenvalue weighted by Crippen LogP contribution is -2.28.